The van der Waals surface area contributed by atoms with E-state index in [9.17, 15) is 0 Å². The van der Waals surface area contributed by atoms with Gasteiger partial charge < -0.3 is 14.7 Å². The van der Waals surface area contributed by atoms with Crippen molar-refractivity contribution in [2.24, 2.45) is 0 Å². The number of piperidine rings is 1. The maximum atomic E-state index is 8.73. The zero-order valence-electron chi connectivity index (χ0n) is 9.38. The van der Waals surface area contributed by atoms with E-state index in [0.717, 1.165) is 31.7 Å². The Morgan fingerprint density at radius 1 is 1.50 bits per heavy atom. The molecule has 4 heteroatoms. The number of pyridine rings is 1. The van der Waals surface area contributed by atoms with Gasteiger partial charge in [0.05, 0.1) is 19.3 Å². The van der Waals surface area contributed by atoms with Crippen LogP contribution in [0.4, 0.5) is 5.82 Å². The standard InChI is InChI=1S/C12H18N2O2/c15-8-9-16-11-4-3-7-14(10-11)12-5-1-2-6-13-12/h1-2,5-6,11,15H,3-4,7-10H2. The normalized spacial score (nSPS) is 21.1. The molecule has 4 nitrogen and oxygen atoms in total. The van der Waals surface area contributed by atoms with Crippen molar-refractivity contribution in [3.8, 4) is 0 Å². The van der Waals surface area contributed by atoms with Crippen LogP contribution in [0, 0.1) is 0 Å². The summed E-state index contributed by atoms with van der Waals surface area (Å²) in [4.78, 5) is 6.58. The minimum Gasteiger partial charge on any atom is -0.394 e. The number of hydrogen-bond acceptors (Lipinski definition) is 4. The Balaban J connectivity index is 1.91. The molecule has 0 spiro atoms. The average Bonchev–Trinajstić information content (AvgIpc) is 2.38. The fraction of sp³-hybridized carbons (Fsp3) is 0.583. The van der Waals surface area contributed by atoms with Crippen molar-refractivity contribution in [2.45, 2.75) is 18.9 Å². The van der Waals surface area contributed by atoms with Crippen LogP contribution < -0.4 is 4.90 Å². The number of rotatable bonds is 4. The lowest BCUT2D eigenvalue weighted by atomic mass is 10.1. The van der Waals surface area contributed by atoms with Crippen molar-refractivity contribution in [1.82, 2.24) is 4.98 Å². The second-order valence-electron chi connectivity index (χ2n) is 3.99. The third kappa shape index (κ3) is 2.93. The minimum atomic E-state index is 0.0973. The van der Waals surface area contributed by atoms with Crippen LogP contribution in [0.3, 0.4) is 0 Å². The molecule has 0 bridgehead atoms. The second-order valence-corrected chi connectivity index (χ2v) is 3.99. The van der Waals surface area contributed by atoms with E-state index < -0.39 is 0 Å². The SMILES string of the molecule is OCCOC1CCCN(c2ccccn2)C1. The van der Waals surface area contributed by atoms with Gasteiger partial charge in [0.25, 0.3) is 0 Å². The minimum absolute atomic E-state index is 0.0973. The van der Waals surface area contributed by atoms with Gasteiger partial charge in [-0.15, -0.1) is 0 Å². The zero-order valence-corrected chi connectivity index (χ0v) is 9.38. The first-order valence-electron chi connectivity index (χ1n) is 5.78. The number of aliphatic hydroxyl groups excluding tert-OH is 1. The third-order valence-corrected chi connectivity index (χ3v) is 2.80. The molecule has 16 heavy (non-hydrogen) atoms. The van der Waals surface area contributed by atoms with Gasteiger partial charge in [-0.3, -0.25) is 0 Å². The molecule has 2 heterocycles. The van der Waals surface area contributed by atoms with E-state index in [1.54, 1.807) is 0 Å². The Morgan fingerprint density at radius 3 is 3.19 bits per heavy atom. The molecule has 1 aliphatic heterocycles. The molecular weight excluding hydrogens is 204 g/mol. The van der Waals surface area contributed by atoms with Crippen LogP contribution in [-0.4, -0.2) is 42.5 Å². The van der Waals surface area contributed by atoms with E-state index >= 15 is 0 Å². The van der Waals surface area contributed by atoms with Crippen LogP contribution in [-0.2, 0) is 4.74 Å². The summed E-state index contributed by atoms with van der Waals surface area (Å²) in [7, 11) is 0. The first-order chi connectivity index (χ1) is 7.90. The van der Waals surface area contributed by atoms with Crippen LogP contribution in [0.15, 0.2) is 24.4 Å². The smallest absolute Gasteiger partial charge is 0.128 e. The molecule has 1 unspecified atom stereocenters. The monoisotopic (exact) mass is 222 g/mol. The molecule has 1 aromatic heterocycles. The Bertz CT molecular complexity index is 305. The molecular formula is C12H18N2O2. The summed E-state index contributed by atoms with van der Waals surface area (Å²) in [6.07, 6.45) is 4.23. The highest BCUT2D eigenvalue weighted by Crippen LogP contribution is 2.18. The van der Waals surface area contributed by atoms with Gasteiger partial charge in [-0.2, -0.15) is 0 Å². The maximum absolute atomic E-state index is 8.73. The lowest BCUT2D eigenvalue weighted by Gasteiger charge is -2.33. The van der Waals surface area contributed by atoms with Crippen LogP contribution in [0.25, 0.3) is 0 Å². The van der Waals surface area contributed by atoms with Gasteiger partial charge in [0, 0.05) is 19.3 Å². The van der Waals surface area contributed by atoms with E-state index in [2.05, 4.69) is 9.88 Å². The van der Waals surface area contributed by atoms with Crippen LogP contribution >= 0.6 is 0 Å². The van der Waals surface area contributed by atoms with E-state index in [-0.39, 0.29) is 12.7 Å². The van der Waals surface area contributed by atoms with Crippen molar-refractivity contribution in [1.29, 1.82) is 0 Å². The molecule has 2 rings (SSSR count). The number of hydrogen-bond donors (Lipinski definition) is 1. The van der Waals surface area contributed by atoms with E-state index in [1.165, 1.54) is 0 Å². The highest BCUT2D eigenvalue weighted by Gasteiger charge is 2.20. The van der Waals surface area contributed by atoms with E-state index in [4.69, 9.17) is 9.84 Å². The quantitative estimate of drug-likeness (QED) is 0.827. The highest BCUT2D eigenvalue weighted by molar-refractivity contribution is 5.38. The topological polar surface area (TPSA) is 45.6 Å². The molecule has 1 aliphatic rings. The maximum Gasteiger partial charge on any atom is 0.128 e. The number of anilines is 1. The molecule has 1 N–H and O–H groups in total. The molecule has 1 aromatic rings. The highest BCUT2D eigenvalue weighted by atomic mass is 16.5. The molecule has 88 valence electrons. The Labute approximate surface area is 95.9 Å². The second kappa shape index (κ2) is 5.82. The molecule has 0 aromatic carbocycles. The van der Waals surface area contributed by atoms with Crippen LogP contribution in [0.5, 0.6) is 0 Å². The predicted octanol–water partition coefficient (Wildman–Crippen LogP) is 1.06. The van der Waals surface area contributed by atoms with Crippen molar-refractivity contribution in [2.75, 3.05) is 31.2 Å². The number of aromatic nitrogens is 1. The third-order valence-electron chi connectivity index (χ3n) is 2.80. The van der Waals surface area contributed by atoms with Crippen LogP contribution in [0.1, 0.15) is 12.8 Å². The van der Waals surface area contributed by atoms with Gasteiger partial charge in [0.15, 0.2) is 0 Å². The predicted molar refractivity (Wildman–Crippen MR) is 62.5 cm³/mol. The molecule has 1 atom stereocenters. The molecule has 1 fully saturated rings. The van der Waals surface area contributed by atoms with Gasteiger partial charge in [-0.1, -0.05) is 6.07 Å². The van der Waals surface area contributed by atoms with Gasteiger partial charge in [-0.25, -0.2) is 4.98 Å². The number of ether oxygens (including phenoxy) is 1. The van der Waals surface area contributed by atoms with Gasteiger partial charge >= 0.3 is 0 Å². The van der Waals surface area contributed by atoms with Crippen LogP contribution in [0.2, 0.25) is 0 Å². The first kappa shape index (κ1) is 11.4. The van der Waals surface area contributed by atoms with Crippen molar-refractivity contribution >= 4 is 5.82 Å². The summed E-state index contributed by atoms with van der Waals surface area (Å²) >= 11 is 0. The summed E-state index contributed by atoms with van der Waals surface area (Å²) < 4.78 is 5.56. The lowest BCUT2D eigenvalue weighted by Crippen LogP contribution is -2.40. The molecule has 0 saturated carbocycles. The molecule has 0 radical (unpaired) electrons. The summed E-state index contributed by atoms with van der Waals surface area (Å²) in [6, 6.07) is 5.95. The average molecular weight is 222 g/mol. The molecule has 0 aliphatic carbocycles. The Kier molecular flexibility index (Phi) is 4.13. The number of nitrogens with zero attached hydrogens (tertiary/aromatic N) is 2. The van der Waals surface area contributed by atoms with Gasteiger partial charge in [0.1, 0.15) is 5.82 Å². The summed E-state index contributed by atoms with van der Waals surface area (Å²) in [5.74, 6) is 1.01. The van der Waals surface area contributed by atoms with Gasteiger partial charge in [-0.05, 0) is 25.0 Å². The first-order valence-corrected chi connectivity index (χ1v) is 5.78. The molecule has 1 saturated heterocycles. The van der Waals surface area contributed by atoms with E-state index in [1.807, 2.05) is 24.4 Å². The zero-order chi connectivity index (χ0) is 11.2. The fourth-order valence-corrected chi connectivity index (χ4v) is 2.04. The fourth-order valence-electron chi connectivity index (χ4n) is 2.04. The largest absolute Gasteiger partial charge is 0.394 e. The van der Waals surface area contributed by atoms with Crippen molar-refractivity contribution in [3.05, 3.63) is 24.4 Å². The van der Waals surface area contributed by atoms with Crippen molar-refractivity contribution < 1.29 is 9.84 Å². The Hall–Kier alpha value is -1.13. The Morgan fingerprint density at radius 2 is 2.44 bits per heavy atom. The summed E-state index contributed by atoms with van der Waals surface area (Å²) in [5, 5.41) is 8.73. The molecule has 0 amide bonds. The summed E-state index contributed by atoms with van der Waals surface area (Å²) in [5.41, 5.74) is 0. The van der Waals surface area contributed by atoms with Crippen molar-refractivity contribution in [3.63, 3.8) is 0 Å². The van der Waals surface area contributed by atoms with Gasteiger partial charge in [0.2, 0.25) is 0 Å². The number of aliphatic hydroxyl groups is 1. The van der Waals surface area contributed by atoms with E-state index in [0.29, 0.717) is 6.61 Å². The summed E-state index contributed by atoms with van der Waals surface area (Å²) in [6.45, 7) is 2.44. The lowest BCUT2D eigenvalue weighted by molar-refractivity contribution is 0.0213.